The summed E-state index contributed by atoms with van der Waals surface area (Å²) in [6, 6.07) is 1.99. The van der Waals surface area contributed by atoms with Crippen LogP contribution in [0.4, 0.5) is 0 Å². The minimum Gasteiger partial charge on any atom is -0.379 e. The zero-order valence-corrected chi connectivity index (χ0v) is 12.6. The van der Waals surface area contributed by atoms with Crippen LogP contribution in [-0.4, -0.2) is 33.6 Å². The molecule has 1 aliphatic carbocycles. The average molecular weight is 294 g/mol. The third-order valence-electron chi connectivity index (χ3n) is 3.74. The largest absolute Gasteiger partial charge is 0.379 e. The first-order chi connectivity index (χ1) is 9.79. The lowest BCUT2D eigenvalue weighted by atomic mass is 10.3. The van der Waals surface area contributed by atoms with Crippen LogP contribution in [-0.2, 0) is 17.7 Å². The van der Waals surface area contributed by atoms with E-state index in [-0.39, 0.29) is 0 Å². The Morgan fingerprint density at radius 3 is 3.05 bits per heavy atom. The lowest BCUT2D eigenvalue weighted by Crippen LogP contribution is -2.11. The Morgan fingerprint density at radius 2 is 2.30 bits per heavy atom. The van der Waals surface area contributed by atoms with Gasteiger partial charge in [0, 0.05) is 31.6 Å². The molecular formula is C15H20ClN3O. The van der Waals surface area contributed by atoms with Crippen LogP contribution >= 0.6 is 11.6 Å². The summed E-state index contributed by atoms with van der Waals surface area (Å²) in [6.07, 6.45) is 5.25. The topological polar surface area (TPSA) is 39.9 Å². The number of imidazole rings is 1. The molecule has 5 heteroatoms. The SMILES string of the molecule is Cc1ccnc2c1nc(CCCl)n2CCOCC1CC1. The fourth-order valence-corrected chi connectivity index (χ4v) is 2.55. The summed E-state index contributed by atoms with van der Waals surface area (Å²) in [5.74, 6) is 2.38. The van der Waals surface area contributed by atoms with E-state index in [2.05, 4.69) is 21.5 Å². The van der Waals surface area contributed by atoms with Crippen LogP contribution in [0.25, 0.3) is 11.2 Å². The van der Waals surface area contributed by atoms with E-state index in [1.54, 1.807) is 0 Å². The number of pyridine rings is 1. The van der Waals surface area contributed by atoms with Crippen molar-refractivity contribution < 1.29 is 4.74 Å². The van der Waals surface area contributed by atoms with E-state index in [1.165, 1.54) is 12.8 Å². The highest BCUT2D eigenvalue weighted by molar-refractivity contribution is 6.17. The van der Waals surface area contributed by atoms with E-state index in [9.17, 15) is 0 Å². The maximum atomic E-state index is 5.88. The van der Waals surface area contributed by atoms with Gasteiger partial charge in [0.1, 0.15) is 11.3 Å². The molecule has 0 N–H and O–H groups in total. The fraction of sp³-hybridized carbons (Fsp3) is 0.600. The molecule has 0 spiro atoms. The number of rotatable bonds is 7. The molecule has 0 radical (unpaired) electrons. The Bertz CT molecular complexity index is 592. The molecular weight excluding hydrogens is 274 g/mol. The van der Waals surface area contributed by atoms with Crippen molar-refractivity contribution in [3.05, 3.63) is 23.7 Å². The standard InChI is InChI=1S/C15H20ClN3O/c1-11-5-7-17-15-14(11)18-13(4-6-16)19(15)8-9-20-10-12-2-3-12/h5,7,12H,2-4,6,8-10H2,1H3. The Morgan fingerprint density at radius 1 is 1.45 bits per heavy atom. The van der Waals surface area contributed by atoms with E-state index in [0.717, 1.165) is 48.0 Å². The molecule has 0 saturated heterocycles. The lowest BCUT2D eigenvalue weighted by molar-refractivity contribution is 0.117. The van der Waals surface area contributed by atoms with Gasteiger partial charge in [-0.05, 0) is 37.3 Å². The van der Waals surface area contributed by atoms with Gasteiger partial charge < -0.3 is 9.30 Å². The summed E-state index contributed by atoms with van der Waals surface area (Å²) in [5.41, 5.74) is 3.08. The summed E-state index contributed by atoms with van der Waals surface area (Å²) in [5, 5.41) is 0. The van der Waals surface area contributed by atoms with E-state index >= 15 is 0 Å². The summed E-state index contributed by atoms with van der Waals surface area (Å²) >= 11 is 5.88. The molecule has 0 unspecified atom stereocenters. The number of hydrogen-bond acceptors (Lipinski definition) is 3. The molecule has 3 rings (SSSR count). The van der Waals surface area contributed by atoms with Gasteiger partial charge in [0.05, 0.1) is 6.61 Å². The molecule has 0 amide bonds. The van der Waals surface area contributed by atoms with E-state index in [1.807, 2.05) is 12.3 Å². The maximum Gasteiger partial charge on any atom is 0.160 e. The van der Waals surface area contributed by atoms with Crippen molar-refractivity contribution in [3.8, 4) is 0 Å². The van der Waals surface area contributed by atoms with Crippen molar-refractivity contribution in [2.24, 2.45) is 5.92 Å². The van der Waals surface area contributed by atoms with Crippen LogP contribution in [0.5, 0.6) is 0 Å². The summed E-state index contributed by atoms with van der Waals surface area (Å²) in [4.78, 5) is 9.16. The van der Waals surface area contributed by atoms with Gasteiger partial charge >= 0.3 is 0 Å². The van der Waals surface area contributed by atoms with Crippen molar-refractivity contribution in [2.75, 3.05) is 19.1 Å². The highest BCUT2D eigenvalue weighted by Gasteiger charge is 2.21. The van der Waals surface area contributed by atoms with Gasteiger partial charge in [0.25, 0.3) is 0 Å². The number of aryl methyl sites for hydroxylation is 2. The highest BCUT2D eigenvalue weighted by atomic mass is 35.5. The summed E-state index contributed by atoms with van der Waals surface area (Å²) < 4.78 is 7.88. The Hall–Kier alpha value is -1.13. The number of aromatic nitrogens is 3. The quantitative estimate of drug-likeness (QED) is 0.582. The first kappa shape index (κ1) is 13.8. The van der Waals surface area contributed by atoms with Crippen molar-refractivity contribution in [2.45, 2.75) is 32.7 Å². The van der Waals surface area contributed by atoms with Crippen LogP contribution in [0.1, 0.15) is 24.2 Å². The summed E-state index contributed by atoms with van der Waals surface area (Å²) in [6.45, 7) is 4.47. The fourth-order valence-electron chi connectivity index (χ4n) is 2.38. The molecule has 1 aliphatic rings. The average Bonchev–Trinajstić information content (AvgIpc) is 3.19. The van der Waals surface area contributed by atoms with Crippen LogP contribution in [0.15, 0.2) is 12.3 Å². The van der Waals surface area contributed by atoms with Gasteiger partial charge in [0.15, 0.2) is 5.65 Å². The first-order valence-electron chi connectivity index (χ1n) is 7.24. The van der Waals surface area contributed by atoms with Crippen LogP contribution in [0.2, 0.25) is 0 Å². The first-order valence-corrected chi connectivity index (χ1v) is 7.77. The third kappa shape index (κ3) is 2.96. The molecule has 2 heterocycles. The molecule has 20 heavy (non-hydrogen) atoms. The maximum absolute atomic E-state index is 5.88. The number of fused-ring (bicyclic) bond motifs is 1. The molecule has 1 fully saturated rings. The number of hydrogen-bond donors (Lipinski definition) is 0. The predicted octanol–water partition coefficient (Wildman–Crippen LogP) is 2.95. The minimum atomic E-state index is 0.575. The monoisotopic (exact) mass is 293 g/mol. The number of alkyl halides is 1. The van der Waals surface area contributed by atoms with Gasteiger partial charge in [-0.15, -0.1) is 11.6 Å². The van der Waals surface area contributed by atoms with Crippen molar-refractivity contribution >= 4 is 22.8 Å². The zero-order chi connectivity index (χ0) is 13.9. The van der Waals surface area contributed by atoms with Crippen molar-refractivity contribution in [1.29, 1.82) is 0 Å². The minimum absolute atomic E-state index is 0.575. The Balaban J connectivity index is 1.78. The number of nitrogens with zero attached hydrogens (tertiary/aromatic N) is 3. The normalized spacial score (nSPS) is 15.1. The molecule has 0 aliphatic heterocycles. The summed E-state index contributed by atoms with van der Waals surface area (Å²) in [7, 11) is 0. The number of halogens is 1. The molecule has 0 aromatic carbocycles. The smallest absolute Gasteiger partial charge is 0.160 e. The van der Waals surface area contributed by atoms with Crippen LogP contribution in [0, 0.1) is 12.8 Å². The van der Waals surface area contributed by atoms with E-state index < -0.39 is 0 Å². The highest BCUT2D eigenvalue weighted by Crippen LogP contribution is 2.28. The van der Waals surface area contributed by atoms with Gasteiger partial charge in [-0.1, -0.05) is 0 Å². The molecule has 2 aromatic heterocycles. The predicted molar refractivity (Wildman–Crippen MR) is 80.2 cm³/mol. The van der Waals surface area contributed by atoms with Crippen molar-refractivity contribution in [1.82, 2.24) is 14.5 Å². The van der Waals surface area contributed by atoms with Crippen LogP contribution in [0.3, 0.4) is 0 Å². The molecule has 0 bridgehead atoms. The van der Waals surface area contributed by atoms with Gasteiger partial charge in [0.2, 0.25) is 0 Å². The lowest BCUT2D eigenvalue weighted by Gasteiger charge is -2.08. The second kappa shape index (κ2) is 6.10. The molecule has 0 atom stereocenters. The van der Waals surface area contributed by atoms with E-state index in [0.29, 0.717) is 12.5 Å². The van der Waals surface area contributed by atoms with Crippen molar-refractivity contribution in [3.63, 3.8) is 0 Å². The van der Waals surface area contributed by atoms with Gasteiger partial charge in [-0.2, -0.15) is 0 Å². The third-order valence-corrected chi connectivity index (χ3v) is 3.93. The number of ether oxygens (including phenoxy) is 1. The van der Waals surface area contributed by atoms with Gasteiger partial charge in [-0.3, -0.25) is 0 Å². The van der Waals surface area contributed by atoms with E-state index in [4.69, 9.17) is 16.3 Å². The molecule has 1 saturated carbocycles. The molecule has 4 nitrogen and oxygen atoms in total. The molecule has 108 valence electrons. The van der Waals surface area contributed by atoms with Crippen LogP contribution < -0.4 is 0 Å². The molecule has 2 aromatic rings. The second-order valence-electron chi connectivity index (χ2n) is 5.44. The Labute approximate surface area is 124 Å². The second-order valence-corrected chi connectivity index (χ2v) is 5.81. The zero-order valence-electron chi connectivity index (χ0n) is 11.8. The Kier molecular flexibility index (Phi) is 4.22. The van der Waals surface area contributed by atoms with Gasteiger partial charge in [-0.25, -0.2) is 9.97 Å².